The third kappa shape index (κ3) is 5.58. The van der Waals surface area contributed by atoms with Crippen LogP contribution >= 0.6 is 11.8 Å². The fraction of sp³-hybridized carbons (Fsp3) is 0.588. The fourth-order valence-electron chi connectivity index (χ4n) is 2.62. The molecule has 1 saturated carbocycles. The van der Waals surface area contributed by atoms with Crippen molar-refractivity contribution in [1.82, 2.24) is 5.32 Å². The summed E-state index contributed by atoms with van der Waals surface area (Å²) in [6.07, 6.45) is 8.14. The Morgan fingerprint density at radius 3 is 2.45 bits per heavy atom. The number of hydrogen-bond acceptors (Lipinski definition) is 2. The SMILES string of the molecule is Cc1ccc(SCCC(=O)NC2CCCCCC2)cc1. The Morgan fingerprint density at radius 2 is 1.80 bits per heavy atom. The predicted molar refractivity (Wildman–Crippen MR) is 86.2 cm³/mol. The monoisotopic (exact) mass is 291 g/mol. The summed E-state index contributed by atoms with van der Waals surface area (Å²) < 4.78 is 0. The zero-order valence-electron chi connectivity index (χ0n) is 12.4. The van der Waals surface area contributed by atoms with Gasteiger partial charge in [0.2, 0.25) is 5.91 Å². The molecule has 1 aliphatic carbocycles. The van der Waals surface area contributed by atoms with Crippen LogP contribution in [0.5, 0.6) is 0 Å². The summed E-state index contributed by atoms with van der Waals surface area (Å²) in [5, 5.41) is 3.20. The quantitative estimate of drug-likeness (QED) is 0.647. The molecular formula is C17H25NOS. The fourth-order valence-corrected chi connectivity index (χ4v) is 3.47. The number of thioether (sulfide) groups is 1. The van der Waals surface area contributed by atoms with E-state index in [1.807, 2.05) is 0 Å². The molecule has 1 aromatic rings. The summed E-state index contributed by atoms with van der Waals surface area (Å²) in [6.45, 7) is 2.09. The molecule has 1 N–H and O–H groups in total. The highest BCUT2D eigenvalue weighted by Crippen LogP contribution is 2.20. The van der Waals surface area contributed by atoms with Crippen LogP contribution in [-0.2, 0) is 4.79 Å². The molecule has 0 radical (unpaired) electrons. The maximum Gasteiger partial charge on any atom is 0.221 e. The van der Waals surface area contributed by atoms with E-state index in [-0.39, 0.29) is 5.91 Å². The number of carbonyl (C=O) groups is 1. The minimum atomic E-state index is 0.219. The smallest absolute Gasteiger partial charge is 0.221 e. The van der Waals surface area contributed by atoms with Crippen LogP contribution < -0.4 is 5.32 Å². The molecule has 0 heterocycles. The van der Waals surface area contributed by atoms with Crippen molar-refractivity contribution in [2.24, 2.45) is 0 Å². The molecule has 0 aromatic heterocycles. The molecule has 110 valence electrons. The van der Waals surface area contributed by atoms with Crippen molar-refractivity contribution in [1.29, 1.82) is 0 Å². The molecule has 0 atom stereocenters. The van der Waals surface area contributed by atoms with E-state index in [1.54, 1.807) is 11.8 Å². The topological polar surface area (TPSA) is 29.1 Å². The molecule has 3 heteroatoms. The van der Waals surface area contributed by atoms with E-state index < -0.39 is 0 Å². The summed E-state index contributed by atoms with van der Waals surface area (Å²) >= 11 is 1.76. The lowest BCUT2D eigenvalue weighted by Gasteiger charge is -2.16. The number of carbonyl (C=O) groups excluding carboxylic acids is 1. The van der Waals surface area contributed by atoms with Gasteiger partial charge in [0.05, 0.1) is 0 Å². The molecule has 20 heavy (non-hydrogen) atoms. The van der Waals surface area contributed by atoms with Crippen LogP contribution in [0.25, 0.3) is 0 Å². The Bertz CT molecular complexity index is 408. The van der Waals surface area contributed by atoms with Gasteiger partial charge in [-0.15, -0.1) is 11.8 Å². The van der Waals surface area contributed by atoms with Gasteiger partial charge in [-0.3, -0.25) is 4.79 Å². The number of rotatable bonds is 5. The largest absolute Gasteiger partial charge is 0.353 e. The minimum absolute atomic E-state index is 0.219. The zero-order chi connectivity index (χ0) is 14.2. The second-order valence-electron chi connectivity index (χ2n) is 5.67. The normalized spacial score (nSPS) is 16.6. The van der Waals surface area contributed by atoms with Crippen LogP contribution in [0, 0.1) is 6.92 Å². The van der Waals surface area contributed by atoms with Gasteiger partial charge in [-0.05, 0) is 31.9 Å². The number of benzene rings is 1. The molecule has 1 fully saturated rings. The molecule has 1 aromatic carbocycles. The Kier molecular flexibility index (Phi) is 6.44. The molecule has 0 bridgehead atoms. The lowest BCUT2D eigenvalue weighted by Crippen LogP contribution is -2.34. The van der Waals surface area contributed by atoms with Gasteiger partial charge in [0.15, 0.2) is 0 Å². The minimum Gasteiger partial charge on any atom is -0.353 e. The molecular weight excluding hydrogens is 266 g/mol. The van der Waals surface area contributed by atoms with Crippen LogP contribution in [-0.4, -0.2) is 17.7 Å². The molecule has 1 amide bonds. The first-order chi connectivity index (χ1) is 9.74. The second-order valence-corrected chi connectivity index (χ2v) is 6.84. The average Bonchev–Trinajstić information content (AvgIpc) is 2.70. The lowest BCUT2D eigenvalue weighted by molar-refractivity contribution is -0.121. The lowest BCUT2D eigenvalue weighted by atomic mass is 10.1. The van der Waals surface area contributed by atoms with Crippen molar-refractivity contribution in [3.05, 3.63) is 29.8 Å². The Balaban J connectivity index is 1.65. The van der Waals surface area contributed by atoms with Gasteiger partial charge in [-0.25, -0.2) is 0 Å². The average molecular weight is 291 g/mol. The Morgan fingerprint density at radius 1 is 1.15 bits per heavy atom. The highest BCUT2D eigenvalue weighted by molar-refractivity contribution is 7.99. The van der Waals surface area contributed by atoms with Crippen LogP contribution in [0.4, 0.5) is 0 Å². The van der Waals surface area contributed by atoms with Gasteiger partial charge in [-0.1, -0.05) is 43.4 Å². The van der Waals surface area contributed by atoms with Gasteiger partial charge >= 0.3 is 0 Å². The van der Waals surface area contributed by atoms with Crippen molar-refractivity contribution in [3.63, 3.8) is 0 Å². The number of hydrogen-bond donors (Lipinski definition) is 1. The third-order valence-corrected chi connectivity index (χ3v) is 4.85. The number of amides is 1. The van der Waals surface area contributed by atoms with Crippen LogP contribution in [0.3, 0.4) is 0 Å². The van der Waals surface area contributed by atoms with E-state index in [0.29, 0.717) is 12.5 Å². The van der Waals surface area contributed by atoms with Gasteiger partial charge in [0, 0.05) is 23.1 Å². The first kappa shape index (κ1) is 15.4. The summed E-state index contributed by atoms with van der Waals surface area (Å²) in [5.74, 6) is 1.08. The third-order valence-electron chi connectivity index (χ3n) is 3.84. The van der Waals surface area contributed by atoms with Crippen molar-refractivity contribution in [3.8, 4) is 0 Å². The highest BCUT2D eigenvalue weighted by Gasteiger charge is 2.14. The molecule has 0 saturated heterocycles. The molecule has 0 unspecified atom stereocenters. The van der Waals surface area contributed by atoms with Crippen LogP contribution in [0.15, 0.2) is 29.2 Å². The summed E-state index contributed by atoms with van der Waals surface area (Å²) in [6, 6.07) is 8.92. The second kappa shape index (κ2) is 8.35. The maximum absolute atomic E-state index is 11.9. The van der Waals surface area contributed by atoms with E-state index >= 15 is 0 Å². The summed E-state index contributed by atoms with van der Waals surface area (Å²) in [7, 11) is 0. The van der Waals surface area contributed by atoms with Gasteiger partial charge in [0.1, 0.15) is 0 Å². The van der Waals surface area contributed by atoms with Gasteiger partial charge < -0.3 is 5.32 Å². The summed E-state index contributed by atoms with van der Waals surface area (Å²) in [5.41, 5.74) is 1.28. The van der Waals surface area contributed by atoms with Crippen molar-refractivity contribution in [2.45, 2.75) is 62.8 Å². The highest BCUT2D eigenvalue weighted by atomic mass is 32.2. The Labute approximate surface area is 126 Å². The molecule has 0 aliphatic heterocycles. The van der Waals surface area contributed by atoms with Crippen molar-refractivity contribution in [2.75, 3.05) is 5.75 Å². The first-order valence-corrected chi connectivity index (χ1v) is 8.71. The van der Waals surface area contributed by atoms with E-state index in [1.165, 1.54) is 36.1 Å². The first-order valence-electron chi connectivity index (χ1n) is 7.73. The maximum atomic E-state index is 11.9. The molecule has 2 nitrogen and oxygen atoms in total. The van der Waals surface area contributed by atoms with Crippen molar-refractivity contribution < 1.29 is 4.79 Å². The molecule has 2 rings (SSSR count). The molecule has 1 aliphatic rings. The summed E-state index contributed by atoms with van der Waals surface area (Å²) in [4.78, 5) is 13.2. The predicted octanol–water partition coefficient (Wildman–Crippen LogP) is 4.32. The van der Waals surface area contributed by atoms with Gasteiger partial charge in [0.25, 0.3) is 0 Å². The number of nitrogens with one attached hydrogen (secondary N) is 1. The van der Waals surface area contributed by atoms with E-state index in [9.17, 15) is 4.79 Å². The van der Waals surface area contributed by atoms with E-state index in [4.69, 9.17) is 0 Å². The van der Waals surface area contributed by atoms with Crippen molar-refractivity contribution >= 4 is 17.7 Å². The van der Waals surface area contributed by atoms with Crippen LogP contribution in [0.1, 0.15) is 50.5 Å². The standard InChI is InChI=1S/C17H25NOS/c1-14-8-10-16(11-9-14)20-13-12-17(19)18-15-6-4-2-3-5-7-15/h8-11,15H,2-7,12-13H2,1H3,(H,18,19). The Hall–Kier alpha value is -0.960. The van der Waals surface area contributed by atoms with Gasteiger partial charge in [-0.2, -0.15) is 0 Å². The van der Waals surface area contributed by atoms with E-state index in [0.717, 1.165) is 18.6 Å². The van der Waals surface area contributed by atoms with Crippen LogP contribution in [0.2, 0.25) is 0 Å². The molecule has 0 spiro atoms. The zero-order valence-corrected chi connectivity index (χ0v) is 13.2. The van der Waals surface area contributed by atoms with E-state index in [2.05, 4.69) is 36.5 Å². The number of aryl methyl sites for hydroxylation is 1.